The molecule has 0 spiro atoms. The molecule has 1 aromatic carbocycles. The highest BCUT2D eigenvalue weighted by Crippen LogP contribution is 2.46. The zero-order chi connectivity index (χ0) is 31.3. The largest absolute Gasteiger partial charge is 0.461 e. The van der Waals surface area contributed by atoms with E-state index in [4.69, 9.17) is 10.5 Å². The van der Waals surface area contributed by atoms with Gasteiger partial charge in [0.1, 0.15) is 18.2 Å². The van der Waals surface area contributed by atoms with Crippen LogP contribution in [0.15, 0.2) is 24.3 Å². The third kappa shape index (κ3) is 11.4. The monoisotopic (exact) mass is 700 g/mol. The van der Waals surface area contributed by atoms with Crippen LogP contribution >= 0.6 is 22.6 Å². The number of benzene rings is 1. The molecule has 1 saturated carbocycles. The quantitative estimate of drug-likeness (QED) is 0.0613. The molecular weight excluding hydrogens is 659 g/mol. The minimum atomic E-state index is -1.23. The Kier molecular flexibility index (Phi) is 14.0. The second-order valence-electron chi connectivity index (χ2n) is 10.6. The summed E-state index contributed by atoms with van der Waals surface area (Å²) in [6.07, 6.45) is 2.11. The van der Waals surface area contributed by atoms with Crippen LogP contribution in [-0.4, -0.2) is 64.7 Å². The van der Waals surface area contributed by atoms with Gasteiger partial charge in [-0.3, -0.25) is 24.0 Å². The van der Waals surface area contributed by atoms with Gasteiger partial charge in [0.25, 0.3) is 0 Å². The van der Waals surface area contributed by atoms with Crippen LogP contribution in [0.4, 0.5) is 10.5 Å². The average Bonchev–Trinajstić information content (AvgIpc) is 3.63. The molecule has 1 unspecified atom stereocenters. The van der Waals surface area contributed by atoms with E-state index in [0.29, 0.717) is 42.3 Å². The number of hydrogen-bond acceptors (Lipinski definition) is 7. The van der Waals surface area contributed by atoms with E-state index < -0.39 is 35.4 Å². The van der Waals surface area contributed by atoms with Gasteiger partial charge < -0.3 is 37.1 Å². The fourth-order valence-corrected chi connectivity index (χ4v) is 4.68. The third-order valence-electron chi connectivity index (χ3n) is 6.84. The smallest absolute Gasteiger partial charge is 0.312 e. The summed E-state index contributed by atoms with van der Waals surface area (Å²) in [4.78, 5) is 73.1. The highest BCUT2D eigenvalue weighted by atomic mass is 127. The predicted octanol–water partition coefficient (Wildman–Crippen LogP) is 1.48. The molecule has 0 aliphatic heterocycles. The van der Waals surface area contributed by atoms with Crippen LogP contribution in [0.1, 0.15) is 58.4 Å². The van der Waals surface area contributed by atoms with E-state index in [1.807, 2.05) is 22.6 Å². The number of unbranched alkanes of at least 4 members (excludes halogenated alkanes) is 1. The van der Waals surface area contributed by atoms with Gasteiger partial charge in [0, 0.05) is 32.1 Å². The molecular formula is C28H41IN6O7. The van der Waals surface area contributed by atoms with Crippen LogP contribution < -0.4 is 32.3 Å². The number of hydrogen-bond donors (Lipinski definition) is 6. The molecule has 7 N–H and O–H groups in total. The highest BCUT2D eigenvalue weighted by Gasteiger charge is 2.61. The molecule has 14 heteroatoms. The minimum Gasteiger partial charge on any atom is -0.461 e. The number of carbonyl (C=O) groups excluding carboxylic acids is 6. The average molecular weight is 701 g/mol. The Bertz CT molecular complexity index is 1130. The van der Waals surface area contributed by atoms with Gasteiger partial charge in [-0.2, -0.15) is 0 Å². The zero-order valence-corrected chi connectivity index (χ0v) is 26.4. The number of nitrogens with one attached hydrogen (secondary N) is 5. The summed E-state index contributed by atoms with van der Waals surface area (Å²) >= 11 is 1.97. The number of alkyl halides is 1. The summed E-state index contributed by atoms with van der Waals surface area (Å²) in [6, 6.07) is 5.22. The molecule has 0 heterocycles. The molecule has 6 amide bonds. The molecule has 1 fully saturated rings. The van der Waals surface area contributed by atoms with Crippen LogP contribution in [0.5, 0.6) is 0 Å². The summed E-state index contributed by atoms with van der Waals surface area (Å²) in [5.41, 5.74) is 5.16. The van der Waals surface area contributed by atoms with Crippen LogP contribution in [0.3, 0.4) is 0 Å². The van der Waals surface area contributed by atoms with Crippen molar-refractivity contribution in [3.63, 3.8) is 0 Å². The van der Waals surface area contributed by atoms with Gasteiger partial charge in [-0.1, -0.05) is 48.6 Å². The highest BCUT2D eigenvalue weighted by molar-refractivity contribution is 14.1. The van der Waals surface area contributed by atoms with Crippen molar-refractivity contribution in [3.05, 3.63) is 29.8 Å². The molecule has 0 aromatic heterocycles. The third-order valence-corrected chi connectivity index (χ3v) is 7.54. The van der Waals surface area contributed by atoms with Crippen molar-refractivity contribution in [1.29, 1.82) is 0 Å². The Morgan fingerprint density at radius 1 is 1.02 bits per heavy atom. The molecule has 0 saturated heterocycles. The lowest BCUT2D eigenvalue weighted by Crippen LogP contribution is -2.56. The van der Waals surface area contributed by atoms with E-state index in [-0.39, 0.29) is 43.2 Å². The number of primary amides is 1. The maximum absolute atomic E-state index is 13.5. The lowest BCUT2D eigenvalue weighted by molar-refractivity contribution is -0.142. The first-order valence-electron chi connectivity index (χ1n) is 13.9. The van der Waals surface area contributed by atoms with Gasteiger partial charge in [-0.05, 0) is 55.2 Å². The van der Waals surface area contributed by atoms with Gasteiger partial charge in [-0.15, -0.1) is 0 Å². The Hall–Kier alpha value is -3.43. The van der Waals surface area contributed by atoms with E-state index in [1.54, 1.807) is 38.1 Å². The van der Waals surface area contributed by atoms with Crippen molar-refractivity contribution in [2.75, 3.05) is 22.8 Å². The number of amides is 6. The first-order valence-corrected chi connectivity index (χ1v) is 15.4. The van der Waals surface area contributed by atoms with E-state index in [1.165, 1.54) is 6.92 Å². The number of halogens is 1. The molecule has 3 atom stereocenters. The summed E-state index contributed by atoms with van der Waals surface area (Å²) in [6.45, 7) is 5.74. The number of carbonyl (C=O) groups is 6. The molecule has 1 aliphatic rings. The molecule has 2 rings (SSSR count). The fourth-order valence-electron chi connectivity index (χ4n) is 4.41. The Morgan fingerprint density at radius 2 is 1.71 bits per heavy atom. The van der Waals surface area contributed by atoms with E-state index in [2.05, 4.69) is 26.6 Å². The van der Waals surface area contributed by atoms with Gasteiger partial charge in [-0.25, -0.2) is 4.79 Å². The number of anilines is 1. The summed E-state index contributed by atoms with van der Waals surface area (Å²) in [5, 5.41) is 13.8. The first-order chi connectivity index (χ1) is 19.9. The molecule has 1 aromatic rings. The molecule has 232 valence electrons. The van der Waals surface area contributed by atoms with Gasteiger partial charge in [0.05, 0.1) is 4.43 Å². The Labute approximate surface area is 259 Å². The van der Waals surface area contributed by atoms with Crippen LogP contribution in [-0.2, 0) is 35.3 Å². The molecule has 42 heavy (non-hydrogen) atoms. The number of urea groups is 1. The second kappa shape index (κ2) is 16.9. The normalized spacial score (nSPS) is 17.9. The number of nitrogens with two attached hydrogens (primary N) is 1. The van der Waals surface area contributed by atoms with Crippen molar-refractivity contribution < 1.29 is 33.5 Å². The van der Waals surface area contributed by atoms with Crippen molar-refractivity contribution in [1.82, 2.24) is 21.3 Å². The standard InChI is InChI=1S/C28H41IN6O7/c1-17(2)24(34-22(37)6-4-5-12-31-23(38)15-29)25(39)35-28(14-20(28)11-13-32-27(30)41)26(40)33-21-9-7-19(8-10-21)16-42-18(3)36/h7-10,17,20,24H,4-6,11-16H2,1-3H3,(H,31,38)(H,33,40)(H,34,37)(H,35,39)(H3,30,32,41)/t20-,24-,28?/m1/s1. The number of ether oxygens (including phenoxy) is 1. The first kappa shape index (κ1) is 34.8. The Morgan fingerprint density at radius 3 is 2.31 bits per heavy atom. The molecule has 0 radical (unpaired) electrons. The molecule has 1 aliphatic carbocycles. The van der Waals surface area contributed by atoms with Crippen molar-refractivity contribution in [2.24, 2.45) is 17.6 Å². The summed E-state index contributed by atoms with van der Waals surface area (Å²) in [7, 11) is 0. The summed E-state index contributed by atoms with van der Waals surface area (Å²) < 4.78 is 5.35. The van der Waals surface area contributed by atoms with E-state index >= 15 is 0 Å². The maximum Gasteiger partial charge on any atom is 0.312 e. The summed E-state index contributed by atoms with van der Waals surface area (Å²) in [5.74, 6) is -2.18. The lowest BCUT2D eigenvalue weighted by atomic mass is 10.0. The molecule has 13 nitrogen and oxygen atoms in total. The van der Waals surface area contributed by atoms with Gasteiger partial charge >= 0.3 is 12.0 Å². The topological polar surface area (TPSA) is 198 Å². The zero-order valence-electron chi connectivity index (χ0n) is 24.2. The number of esters is 1. The van der Waals surface area contributed by atoms with Crippen molar-refractivity contribution in [3.8, 4) is 0 Å². The SMILES string of the molecule is CC(=O)OCc1ccc(NC(=O)C2(NC(=O)[C@H](NC(=O)CCCCNC(=O)CI)C(C)C)C[C@H]2CCNC(N)=O)cc1. The van der Waals surface area contributed by atoms with Crippen molar-refractivity contribution >= 4 is 63.9 Å². The van der Waals surface area contributed by atoms with Crippen molar-refractivity contribution in [2.45, 2.75) is 71.1 Å². The predicted molar refractivity (Wildman–Crippen MR) is 164 cm³/mol. The fraction of sp³-hybridized carbons (Fsp3) is 0.571. The van der Waals surface area contributed by atoms with Crippen LogP contribution in [0.2, 0.25) is 0 Å². The van der Waals surface area contributed by atoms with E-state index in [9.17, 15) is 28.8 Å². The van der Waals surface area contributed by atoms with Gasteiger partial charge in [0.15, 0.2) is 0 Å². The Balaban J connectivity index is 2.05. The van der Waals surface area contributed by atoms with Gasteiger partial charge in [0.2, 0.25) is 23.6 Å². The van der Waals surface area contributed by atoms with Crippen LogP contribution in [0, 0.1) is 11.8 Å². The lowest BCUT2D eigenvalue weighted by Gasteiger charge is -2.26. The van der Waals surface area contributed by atoms with Crippen LogP contribution in [0.25, 0.3) is 0 Å². The minimum absolute atomic E-state index is 0.0605. The number of rotatable bonds is 17. The maximum atomic E-state index is 13.5. The molecule has 0 bridgehead atoms. The van der Waals surface area contributed by atoms with E-state index in [0.717, 1.165) is 5.56 Å². The second-order valence-corrected chi connectivity index (χ2v) is 11.4.